The Morgan fingerprint density at radius 3 is 2.80 bits per heavy atom. The molecule has 3 aromatic rings. The number of allylic oxidation sites excluding steroid dienone is 1. The van der Waals surface area contributed by atoms with Crippen molar-refractivity contribution in [3.63, 3.8) is 0 Å². The molecule has 1 aromatic heterocycles. The Morgan fingerprint density at radius 2 is 2.04 bits per heavy atom. The summed E-state index contributed by atoms with van der Waals surface area (Å²) in [5.74, 6) is 2.32. The Bertz CT molecular complexity index is 871. The van der Waals surface area contributed by atoms with E-state index >= 15 is 0 Å². The summed E-state index contributed by atoms with van der Waals surface area (Å²) in [5, 5.41) is 3.41. The molecule has 3 rings (SSSR count). The number of hydrogen-bond donors (Lipinski definition) is 1. The molecule has 130 valence electrons. The van der Waals surface area contributed by atoms with Gasteiger partial charge in [-0.3, -0.25) is 0 Å². The number of anilines is 1. The van der Waals surface area contributed by atoms with Crippen molar-refractivity contribution in [2.75, 3.05) is 19.0 Å². The maximum atomic E-state index is 5.56. The van der Waals surface area contributed by atoms with Crippen molar-refractivity contribution in [3.05, 3.63) is 60.7 Å². The van der Waals surface area contributed by atoms with Gasteiger partial charge < -0.3 is 19.4 Å². The third-order valence-electron chi connectivity index (χ3n) is 3.94. The highest BCUT2D eigenvalue weighted by molar-refractivity contribution is 5.78. The molecule has 1 heterocycles. The molecule has 0 atom stereocenters. The van der Waals surface area contributed by atoms with Gasteiger partial charge >= 0.3 is 0 Å². The minimum absolute atomic E-state index is 0.611. The number of para-hydroxylation sites is 2. The van der Waals surface area contributed by atoms with Gasteiger partial charge in [-0.25, -0.2) is 4.98 Å². The van der Waals surface area contributed by atoms with Gasteiger partial charge in [0.2, 0.25) is 5.95 Å². The molecule has 1 N–H and O–H groups in total. The van der Waals surface area contributed by atoms with Crippen molar-refractivity contribution in [1.29, 1.82) is 0 Å². The van der Waals surface area contributed by atoms with E-state index in [1.807, 2.05) is 49.4 Å². The number of fused-ring (bicyclic) bond motifs is 1. The summed E-state index contributed by atoms with van der Waals surface area (Å²) in [6.07, 6.45) is 1.87. The zero-order valence-electron chi connectivity index (χ0n) is 14.7. The van der Waals surface area contributed by atoms with Gasteiger partial charge in [0.15, 0.2) is 11.5 Å². The van der Waals surface area contributed by atoms with Crippen LogP contribution in [0.4, 0.5) is 5.95 Å². The van der Waals surface area contributed by atoms with Gasteiger partial charge in [0, 0.05) is 13.1 Å². The highest BCUT2D eigenvalue weighted by Gasteiger charge is 2.10. The Hall–Kier alpha value is -2.95. The molecule has 2 aromatic carbocycles. The second kappa shape index (κ2) is 7.75. The third kappa shape index (κ3) is 3.60. The molecule has 0 spiro atoms. The van der Waals surface area contributed by atoms with E-state index in [2.05, 4.69) is 27.5 Å². The fourth-order valence-corrected chi connectivity index (χ4v) is 2.80. The molecular formula is C20H23N3O2. The number of aromatic nitrogens is 2. The fraction of sp³-hybridized carbons (Fsp3) is 0.250. The van der Waals surface area contributed by atoms with Crippen molar-refractivity contribution >= 4 is 17.0 Å². The Kier molecular flexibility index (Phi) is 5.23. The molecule has 0 aliphatic carbocycles. The van der Waals surface area contributed by atoms with Crippen molar-refractivity contribution in [2.45, 2.75) is 20.0 Å². The zero-order valence-corrected chi connectivity index (χ0v) is 14.7. The van der Waals surface area contributed by atoms with Gasteiger partial charge in [0.05, 0.1) is 24.8 Å². The van der Waals surface area contributed by atoms with Gasteiger partial charge in [-0.05, 0) is 36.8 Å². The lowest BCUT2D eigenvalue weighted by Crippen LogP contribution is -2.07. The van der Waals surface area contributed by atoms with E-state index in [0.29, 0.717) is 19.7 Å². The highest BCUT2D eigenvalue weighted by Crippen LogP contribution is 2.28. The second-order valence-corrected chi connectivity index (χ2v) is 5.60. The highest BCUT2D eigenvalue weighted by atomic mass is 16.5. The average Bonchev–Trinajstić information content (AvgIpc) is 2.99. The molecule has 0 bridgehead atoms. The maximum absolute atomic E-state index is 5.56. The van der Waals surface area contributed by atoms with Crippen LogP contribution in [0.15, 0.2) is 55.1 Å². The topological polar surface area (TPSA) is 48.3 Å². The summed E-state index contributed by atoms with van der Waals surface area (Å²) >= 11 is 0. The van der Waals surface area contributed by atoms with Gasteiger partial charge in [0.1, 0.15) is 0 Å². The Morgan fingerprint density at radius 1 is 1.20 bits per heavy atom. The van der Waals surface area contributed by atoms with E-state index in [9.17, 15) is 0 Å². The minimum atomic E-state index is 0.611. The molecule has 25 heavy (non-hydrogen) atoms. The van der Waals surface area contributed by atoms with E-state index in [0.717, 1.165) is 34.0 Å². The van der Waals surface area contributed by atoms with Gasteiger partial charge in [-0.15, -0.1) is 6.58 Å². The number of rotatable bonds is 8. The first kappa shape index (κ1) is 16.9. The van der Waals surface area contributed by atoms with Crippen molar-refractivity contribution < 1.29 is 9.47 Å². The standard InChI is InChI=1S/C20H23N3O2/c1-4-12-23-17-9-7-6-8-16(17)22-20(23)21-14-15-10-11-18(25-5-2)19(13-15)24-3/h4,6-11,13H,1,5,12,14H2,2-3H3,(H,21,22). The number of imidazole rings is 1. The quantitative estimate of drug-likeness (QED) is 0.625. The monoisotopic (exact) mass is 337 g/mol. The molecule has 0 unspecified atom stereocenters. The third-order valence-corrected chi connectivity index (χ3v) is 3.94. The van der Waals surface area contributed by atoms with Gasteiger partial charge in [0.25, 0.3) is 0 Å². The van der Waals surface area contributed by atoms with E-state index < -0.39 is 0 Å². The number of methoxy groups -OCH3 is 1. The lowest BCUT2D eigenvalue weighted by atomic mass is 10.2. The lowest BCUT2D eigenvalue weighted by molar-refractivity contribution is 0.310. The van der Waals surface area contributed by atoms with Crippen LogP contribution in [0.25, 0.3) is 11.0 Å². The summed E-state index contributed by atoms with van der Waals surface area (Å²) in [6.45, 7) is 7.76. The van der Waals surface area contributed by atoms with Gasteiger partial charge in [-0.1, -0.05) is 24.3 Å². The second-order valence-electron chi connectivity index (χ2n) is 5.60. The molecule has 0 aliphatic heterocycles. The molecule has 0 saturated heterocycles. The van der Waals surface area contributed by atoms with Crippen LogP contribution in [-0.2, 0) is 13.1 Å². The molecular weight excluding hydrogens is 314 g/mol. The zero-order chi connectivity index (χ0) is 17.6. The van der Waals surface area contributed by atoms with Crippen molar-refractivity contribution in [2.24, 2.45) is 0 Å². The number of ether oxygens (including phenoxy) is 2. The molecule has 0 aliphatic rings. The summed E-state index contributed by atoms with van der Waals surface area (Å²) in [5.41, 5.74) is 3.16. The molecule has 0 saturated carbocycles. The maximum Gasteiger partial charge on any atom is 0.204 e. The van der Waals surface area contributed by atoms with Crippen LogP contribution < -0.4 is 14.8 Å². The molecule has 5 heteroatoms. The van der Waals surface area contributed by atoms with Crippen LogP contribution in [-0.4, -0.2) is 23.3 Å². The minimum Gasteiger partial charge on any atom is -0.493 e. The predicted molar refractivity (Wildman–Crippen MR) is 101 cm³/mol. The summed E-state index contributed by atoms with van der Waals surface area (Å²) < 4.78 is 13.1. The number of nitrogens with zero attached hydrogens (tertiary/aromatic N) is 2. The van der Waals surface area contributed by atoms with E-state index in [1.54, 1.807) is 7.11 Å². The summed E-state index contributed by atoms with van der Waals surface area (Å²) in [4.78, 5) is 4.68. The largest absolute Gasteiger partial charge is 0.493 e. The normalized spacial score (nSPS) is 10.6. The molecule has 0 amide bonds. The van der Waals surface area contributed by atoms with Crippen LogP contribution in [0.1, 0.15) is 12.5 Å². The number of benzene rings is 2. The van der Waals surface area contributed by atoms with E-state index in [-0.39, 0.29) is 0 Å². The molecule has 0 radical (unpaired) electrons. The lowest BCUT2D eigenvalue weighted by Gasteiger charge is -2.12. The van der Waals surface area contributed by atoms with Crippen LogP contribution in [0.3, 0.4) is 0 Å². The molecule has 0 fully saturated rings. The first-order valence-electron chi connectivity index (χ1n) is 8.36. The van der Waals surface area contributed by atoms with Crippen molar-refractivity contribution in [3.8, 4) is 11.5 Å². The SMILES string of the molecule is C=CCn1c(NCc2ccc(OCC)c(OC)c2)nc2ccccc21. The summed E-state index contributed by atoms with van der Waals surface area (Å²) in [6, 6.07) is 14.0. The first-order chi connectivity index (χ1) is 12.3. The number of hydrogen-bond acceptors (Lipinski definition) is 4. The fourth-order valence-electron chi connectivity index (χ4n) is 2.80. The van der Waals surface area contributed by atoms with Crippen LogP contribution in [0.5, 0.6) is 11.5 Å². The van der Waals surface area contributed by atoms with Crippen LogP contribution >= 0.6 is 0 Å². The average molecular weight is 337 g/mol. The number of nitrogens with one attached hydrogen (secondary N) is 1. The smallest absolute Gasteiger partial charge is 0.204 e. The van der Waals surface area contributed by atoms with Gasteiger partial charge in [-0.2, -0.15) is 0 Å². The summed E-state index contributed by atoms with van der Waals surface area (Å²) in [7, 11) is 1.65. The molecule has 5 nitrogen and oxygen atoms in total. The van der Waals surface area contributed by atoms with Crippen molar-refractivity contribution in [1.82, 2.24) is 9.55 Å². The van der Waals surface area contributed by atoms with E-state index in [1.165, 1.54) is 0 Å². The first-order valence-corrected chi connectivity index (χ1v) is 8.36. The Labute approximate surface area is 147 Å². The van der Waals surface area contributed by atoms with E-state index in [4.69, 9.17) is 9.47 Å². The van der Waals surface area contributed by atoms with Crippen LogP contribution in [0, 0.1) is 0 Å². The predicted octanol–water partition coefficient (Wildman–Crippen LogP) is 4.24. The van der Waals surface area contributed by atoms with Crippen LogP contribution in [0.2, 0.25) is 0 Å². The Balaban J connectivity index is 1.82.